The summed E-state index contributed by atoms with van der Waals surface area (Å²) in [6.45, 7) is 8.30. The summed E-state index contributed by atoms with van der Waals surface area (Å²) < 4.78 is 10.5. The van der Waals surface area contributed by atoms with E-state index in [1.807, 2.05) is 6.07 Å². The van der Waals surface area contributed by atoms with Gasteiger partial charge in [0.2, 0.25) is 0 Å². The van der Waals surface area contributed by atoms with Crippen molar-refractivity contribution in [1.82, 2.24) is 18.9 Å². The molecule has 1 saturated heterocycles. The summed E-state index contributed by atoms with van der Waals surface area (Å²) in [4.78, 5) is 10.1. The number of hydrogen-bond donors (Lipinski definition) is 0. The molecule has 1 aliphatic rings. The monoisotopic (exact) mass is 348 g/mol. The second-order valence-corrected chi connectivity index (χ2v) is 7.30. The zero-order valence-corrected chi connectivity index (χ0v) is 15.6. The van der Waals surface area contributed by atoms with Gasteiger partial charge in [0.15, 0.2) is 5.65 Å². The maximum atomic E-state index is 5.89. The lowest BCUT2D eigenvalue weighted by Crippen LogP contribution is -2.16. The second-order valence-electron chi connectivity index (χ2n) is 7.30. The summed E-state index contributed by atoms with van der Waals surface area (Å²) in [6.07, 6.45) is 3.46. The zero-order valence-electron chi connectivity index (χ0n) is 15.6. The maximum absolute atomic E-state index is 5.89. The topological polar surface area (TPSA) is 44.3 Å². The molecule has 4 aromatic rings. The summed E-state index contributed by atoms with van der Waals surface area (Å²) in [5, 5.41) is 1.17. The number of benzene rings is 1. The number of ether oxygens (including phenoxy) is 1. The fourth-order valence-corrected chi connectivity index (χ4v) is 4.31. The average molecular weight is 348 g/mol. The highest BCUT2D eigenvalue weighted by molar-refractivity contribution is 5.98. The molecular formula is C21H24N4O. The number of hydrogen-bond acceptors (Lipinski definition) is 3. The Hall–Kier alpha value is -2.40. The number of imidazole rings is 1. The van der Waals surface area contributed by atoms with E-state index >= 15 is 0 Å². The van der Waals surface area contributed by atoms with Gasteiger partial charge in [0.25, 0.3) is 0 Å². The Bertz CT molecular complexity index is 1130. The fraction of sp³-hybridized carbons (Fsp3) is 0.429. The van der Waals surface area contributed by atoms with Crippen molar-refractivity contribution in [3.05, 3.63) is 41.3 Å². The van der Waals surface area contributed by atoms with Gasteiger partial charge in [-0.15, -0.1) is 0 Å². The van der Waals surface area contributed by atoms with Crippen molar-refractivity contribution in [1.29, 1.82) is 0 Å². The molecule has 1 fully saturated rings. The molecule has 0 radical (unpaired) electrons. The van der Waals surface area contributed by atoms with Crippen molar-refractivity contribution < 1.29 is 4.74 Å². The first-order chi connectivity index (χ1) is 12.7. The Balaban J connectivity index is 1.86. The molecule has 0 unspecified atom stereocenters. The molecule has 26 heavy (non-hydrogen) atoms. The number of aryl methyl sites for hydroxylation is 2. The van der Waals surface area contributed by atoms with E-state index in [0.29, 0.717) is 6.10 Å². The first-order valence-electron chi connectivity index (χ1n) is 9.56. The van der Waals surface area contributed by atoms with Gasteiger partial charge < -0.3 is 9.30 Å². The summed E-state index contributed by atoms with van der Waals surface area (Å²) in [7, 11) is 0. The van der Waals surface area contributed by atoms with E-state index in [9.17, 15) is 0 Å². The molecule has 0 N–H and O–H groups in total. The normalized spacial score (nSPS) is 17.9. The Kier molecular flexibility index (Phi) is 3.54. The Morgan fingerprint density at radius 1 is 1.15 bits per heavy atom. The van der Waals surface area contributed by atoms with Crippen LogP contribution in [0, 0.1) is 13.8 Å². The van der Waals surface area contributed by atoms with E-state index < -0.39 is 0 Å². The lowest BCUT2D eigenvalue weighted by atomic mass is 10.2. The van der Waals surface area contributed by atoms with Gasteiger partial charge in [0, 0.05) is 18.7 Å². The number of fused-ring (bicyclic) bond motifs is 5. The molecule has 0 bridgehead atoms. The van der Waals surface area contributed by atoms with Crippen molar-refractivity contribution in [3.63, 3.8) is 0 Å². The Labute approximate surface area is 152 Å². The third kappa shape index (κ3) is 2.13. The van der Waals surface area contributed by atoms with Gasteiger partial charge in [0.05, 0.1) is 29.1 Å². The molecule has 0 amide bonds. The highest BCUT2D eigenvalue weighted by atomic mass is 16.5. The van der Waals surface area contributed by atoms with Crippen LogP contribution < -0.4 is 0 Å². The maximum Gasteiger partial charge on any atom is 0.150 e. The van der Waals surface area contributed by atoms with E-state index in [0.717, 1.165) is 60.6 Å². The molecule has 5 heteroatoms. The van der Waals surface area contributed by atoms with Crippen molar-refractivity contribution in [3.8, 4) is 0 Å². The standard InChI is InChI=1S/C21H24N4O/c1-4-18-23-20-19(21-22-16-9-5-6-10-17(16)25(18)21)13(2)14(3)24(20)12-15-8-7-11-26-15/h5-6,9-10,15H,4,7-8,11-12H2,1-3H3/t15-/m1/s1. The van der Waals surface area contributed by atoms with E-state index in [1.165, 1.54) is 16.6 Å². The number of rotatable bonds is 3. The molecule has 0 spiro atoms. The largest absolute Gasteiger partial charge is 0.376 e. The number of nitrogens with zero attached hydrogens (tertiary/aromatic N) is 4. The molecule has 5 rings (SSSR count). The van der Waals surface area contributed by atoms with Crippen molar-refractivity contribution >= 4 is 27.7 Å². The lowest BCUT2D eigenvalue weighted by Gasteiger charge is -2.14. The van der Waals surface area contributed by atoms with Crippen LogP contribution >= 0.6 is 0 Å². The van der Waals surface area contributed by atoms with Gasteiger partial charge in [-0.05, 0) is 44.4 Å². The third-order valence-electron chi connectivity index (χ3n) is 5.81. The van der Waals surface area contributed by atoms with E-state index in [4.69, 9.17) is 14.7 Å². The van der Waals surface area contributed by atoms with Gasteiger partial charge in [0.1, 0.15) is 11.5 Å². The van der Waals surface area contributed by atoms with Gasteiger partial charge in [-0.25, -0.2) is 9.97 Å². The summed E-state index contributed by atoms with van der Waals surface area (Å²) in [5.74, 6) is 1.06. The molecule has 1 aromatic carbocycles. The molecule has 0 saturated carbocycles. The van der Waals surface area contributed by atoms with Crippen LogP contribution in [0.5, 0.6) is 0 Å². The molecule has 3 aromatic heterocycles. The Morgan fingerprint density at radius 2 is 2.00 bits per heavy atom. The van der Waals surface area contributed by atoms with E-state index in [-0.39, 0.29) is 0 Å². The van der Waals surface area contributed by atoms with E-state index in [1.54, 1.807) is 0 Å². The molecule has 1 atom stereocenters. The van der Waals surface area contributed by atoms with Crippen LogP contribution in [0.25, 0.3) is 27.7 Å². The molecular weight excluding hydrogens is 324 g/mol. The van der Waals surface area contributed by atoms with Crippen molar-refractivity contribution in [2.75, 3.05) is 6.61 Å². The molecule has 1 aliphatic heterocycles. The first-order valence-corrected chi connectivity index (χ1v) is 9.56. The zero-order chi connectivity index (χ0) is 17.8. The van der Waals surface area contributed by atoms with Gasteiger partial charge in [-0.3, -0.25) is 4.40 Å². The first kappa shape index (κ1) is 15.8. The van der Waals surface area contributed by atoms with Crippen molar-refractivity contribution in [2.45, 2.75) is 52.7 Å². The SMILES string of the molecule is CCc1nc2c(c(C)c(C)n2C[C@H]2CCCO2)c2nc3ccccc3n12. The molecule has 4 heterocycles. The van der Waals surface area contributed by atoms with E-state index in [2.05, 4.69) is 47.9 Å². The minimum absolute atomic E-state index is 0.297. The highest BCUT2D eigenvalue weighted by Crippen LogP contribution is 2.31. The van der Waals surface area contributed by atoms with Gasteiger partial charge >= 0.3 is 0 Å². The smallest absolute Gasteiger partial charge is 0.150 e. The lowest BCUT2D eigenvalue weighted by molar-refractivity contribution is 0.0974. The number of aromatic nitrogens is 4. The van der Waals surface area contributed by atoms with Gasteiger partial charge in [-0.2, -0.15) is 0 Å². The minimum Gasteiger partial charge on any atom is -0.376 e. The third-order valence-corrected chi connectivity index (χ3v) is 5.81. The predicted molar refractivity (Wildman–Crippen MR) is 104 cm³/mol. The van der Waals surface area contributed by atoms with Crippen molar-refractivity contribution in [2.24, 2.45) is 0 Å². The summed E-state index contributed by atoms with van der Waals surface area (Å²) in [5.41, 5.74) is 6.78. The van der Waals surface area contributed by atoms with Crippen LogP contribution in [0.1, 0.15) is 36.8 Å². The fourth-order valence-electron chi connectivity index (χ4n) is 4.31. The molecule has 5 nitrogen and oxygen atoms in total. The number of para-hydroxylation sites is 2. The average Bonchev–Trinajstić information content (AvgIpc) is 3.35. The summed E-state index contributed by atoms with van der Waals surface area (Å²) >= 11 is 0. The van der Waals surface area contributed by atoms with Crippen LogP contribution in [0.15, 0.2) is 24.3 Å². The highest BCUT2D eigenvalue weighted by Gasteiger charge is 2.23. The minimum atomic E-state index is 0.297. The van der Waals surface area contributed by atoms with Gasteiger partial charge in [-0.1, -0.05) is 19.1 Å². The summed E-state index contributed by atoms with van der Waals surface area (Å²) in [6, 6.07) is 8.33. The van der Waals surface area contributed by atoms with Crippen LogP contribution in [0.3, 0.4) is 0 Å². The predicted octanol–water partition coefficient (Wildman–Crippen LogP) is 4.20. The quantitative estimate of drug-likeness (QED) is 0.557. The molecule has 134 valence electrons. The second kappa shape index (κ2) is 5.81. The van der Waals surface area contributed by atoms with Crippen LogP contribution in [-0.2, 0) is 17.7 Å². The van der Waals surface area contributed by atoms with Crippen LogP contribution in [-0.4, -0.2) is 31.6 Å². The molecule has 0 aliphatic carbocycles. The Morgan fingerprint density at radius 3 is 2.77 bits per heavy atom. The van der Waals surface area contributed by atoms with Crippen LogP contribution in [0.4, 0.5) is 0 Å². The van der Waals surface area contributed by atoms with Crippen LogP contribution in [0.2, 0.25) is 0 Å².